The standard InChI is InChI=1S/C34H29N3O2/c38-25-15-16-26-28(20-25)33(36-34(26)39)32-27-10-4-5-11-29(27)35-30(32)12-6-9-22-13-14-24-17-18-37(31(24)19-22)21-23-7-2-1-3-8-23/h1-5,7-8,10-11,13-20,33,35,38H,6,9,12,21H2,(H,36,39). The van der Waals surface area contributed by atoms with Gasteiger partial charge in [0.1, 0.15) is 5.75 Å². The summed E-state index contributed by atoms with van der Waals surface area (Å²) in [5, 5.41) is 15.7. The van der Waals surface area contributed by atoms with Crippen molar-refractivity contribution >= 4 is 27.7 Å². The van der Waals surface area contributed by atoms with Gasteiger partial charge in [0, 0.05) is 46.0 Å². The zero-order chi connectivity index (χ0) is 26.3. The monoisotopic (exact) mass is 511 g/mol. The van der Waals surface area contributed by atoms with Gasteiger partial charge < -0.3 is 20.0 Å². The van der Waals surface area contributed by atoms with Gasteiger partial charge in [-0.3, -0.25) is 4.79 Å². The molecule has 0 radical (unpaired) electrons. The minimum absolute atomic E-state index is 0.0990. The molecule has 0 fully saturated rings. The number of hydrogen-bond donors (Lipinski definition) is 3. The van der Waals surface area contributed by atoms with Crippen LogP contribution in [-0.2, 0) is 19.4 Å². The van der Waals surface area contributed by atoms with Gasteiger partial charge in [-0.1, -0.05) is 60.7 Å². The van der Waals surface area contributed by atoms with Gasteiger partial charge in [0.2, 0.25) is 0 Å². The lowest BCUT2D eigenvalue weighted by Crippen LogP contribution is -2.20. The number of aromatic hydroxyl groups is 1. The summed E-state index contributed by atoms with van der Waals surface area (Å²) in [7, 11) is 0. The molecule has 1 atom stereocenters. The molecule has 7 rings (SSSR count). The molecule has 3 heterocycles. The highest BCUT2D eigenvalue weighted by Crippen LogP contribution is 2.39. The van der Waals surface area contributed by atoms with Crippen LogP contribution in [0.4, 0.5) is 0 Å². The molecule has 2 aromatic heterocycles. The summed E-state index contributed by atoms with van der Waals surface area (Å²) >= 11 is 0. The lowest BCUT2D eigenvalue weighted by molar-refractivity contribution is 0.0960. The molecule has 0 saturated carbocycles. The van der Waals surface area contributed by atoms with Crippen molar-refractivity contribution in [1.29, 1.82) is 0 Å². The molecule has 3 N–H and O–H groups in total. The number of para-hydroxylation sites is 1. The first kappa shape index (κ1) is 23.4. The minimum atomic E-state index is -0.289. The van der Waals surface area contributed by atoms with Crippen LogP contribution in [-0.4, -0.2) is 20.6 Å². The van der Waals surface area contributed by atoms with Crippen molar-refractivity contribution in [1.82, 2.24) is 14.9 Å². The number of nitrogens with zero attached hydrogens (tertiary/aromatic N) is 1. The number of aromatic amines is 1. The van der Waals surface area contributed by atoms with E-state index in [9.17, 15) is 9.90 Å². The number of carbonyl (C=O) groups excluding carboxylic acids is 1. The Labute approximate surface area is 226 Å². The maximum Gasteiger partial charge on any atom is 0.252 e. The second kappa shape index (κ2) is 9.52. The van der Waals surface area contributed by atoms with E-state index < -0.39 is 0 Å². The van der Waals surface area contributed by atoms with E-state index in [1.807, 2.05) is 12.1 Å². The molecule has 6 aromatic rings. The van der Waals surface area contributed by atoms with Crippen molar-refractivity contribution in [2.45, 2.75) is 31.8 Å². The Morgan fingerprint density at radius 2 is 1.67 bits per heavy atom. The number of fused-ring (bicyclic) bond motifs is 3. The van der Waals surface area contributed by atoms with Gasteiger partial charge in [-0.25, -0.2) is 0 Å². The topological polar surface area (TPSA) is 70.0 Å². The van der Waals surface area contributed by atoms with Gasteiger partial charge >= 0.3 is 0 Å². The van der Waals surface area contributed by atoms with E-state index >= 15 is 0 Å². The fourth-order valence-corrected chi connectivity index (χ4v) is 6.03. The molecule has 0 saturated heterocycles. The SMILES string of the molecule is O=C1NC(c2c(CCCc3ccc4ccn(Cc5ccccc5)c4c3)[nH]c3ccccc23)c2cc(O)ccc21. The Morgan fingerprint density at radius 1 is 0.821 bits per heavy atom. The highest BCUT2D eigenvalue weighted by atomic mass is 16.3. The Bertz CT molecular complexity index is 1830. The van der Waals surface area contributed by atoms with Crippen molar-refractivity contribution in [3.63, 3.8) is 0 Å². The number of nitrogens with one attached hydrogen (secondary N) is 2. The number of phenols is 1. The van der Waals surface area contributed by atoms with Crippen LogP contribution >= 0.6 is 0 Å². The highest BCUT2D eigenvalue weighted by molar-refractivity contribution is 6.01. The summed E-state index contributed by atoms with van der Waals surface area (Å²) in [6.45, 7) is 0.857. The van der Waals surface area contributed by atoms with Gasteiger partial charge in [0.05, 0.1) is 6.04 Å². The largest absolute Gasteiger partial charge is 0.508 e. The number of benzene rings is 4. The van der Waals surface area contributed by atoms with E-state index in [0.29, 0.717) is 5.56 Å². The van der Waals surface area contributed by atoms with Crippen molar-refractivity contribution in [3.05, 3.63) is 137 Å². The number of phenolic OH excluding ortho intramolecular Hbond substituents is 1. The van der Waals surface area contributed by atoms with E-state index in [2.05, 4.69) is 87.8 Å². The van der Waals surface area contributed by atoms with Crippen molar-refractivity contribution in [2.75, 3.05) is 0 Å². The number of aryl methyl sites for hydroxylation is 2. The van der Waals surface area contributed by atoms with Crippen LogP contribution in [0.5, 0.6) is 5.75 Å². The smallest absolute Gasteiger partial charge is 0.252 e. The van der Waals surface area contributed by atoms with E-state index in [1.54, 1.807) is 18.2 Å². The van der Waals surface area contributed by atoms with E-state index in [0.717, 1.165) is 53.5 Å². The van der Waals surface area contributed by atoms with Crippen LogP contribution in [0.2, 0.25) is 0 Å². The average molecular weight is 512 g/mol. The first-order chi connectivity index (χ1) is 19.1. The van der Waals surface area contributed by atoms with Gasteiger partial charge in [-0.05, 0) is 77.7 Å². The zero-order valence-corrected chi connectivity index (χ0v) is 21.5. The summed E-state index contributed by atoms with van der Waals surface area (Å²) in [4.78, 5) is 16.4. The Kier molecular flexibility index (Phi) is 5.70. The van der Waals surface area contributed by atoms with Crippen molar-refractivity contribution in [2.24, 2.45) is 0 Å². The zero-order valence-electron chi connectivity index (χ0n) is 21.5. The van der Waals surface area contributed by atoms with E-state index in [1.165, 1.54) is 22.0 Å². The van der Waals surface area contributed by atoms with Crippen LogP contribution in [0.25, 0.3) is 21.8 Å². The molecule has 192 valence electrons. The van der Waals surface area contributed by atoms with Crippen LogP contribution in [0.1, 0.15) is 50.8 Å². The molecule has 0 bridgehead atoms. The van der Waals surface area contributed by atoms with Crippen LogP contribution in [0.15, 0.2) is 103 Å². The van der Waals surface area contributed by atoms with E-state index in [-0.39, 0.29) is 17.7 Å². The maximum atomic E-state index is 12.8. The van der Waals surface area contributed by atoms with E-state index in [4.69, 9.17) is 0 Å². The molecule has 4 aromatic carbocycles. The number of hydrogen-bond acceptors (Lipinski definition) is 2. The lowest BCUT2D eigenvalue weighted by atomic mass is 9.94. The Balaban J connectivity index is 1.15. The number of aromatic nitrogens is 2. The third-order valence-corrected chi connectivity index (χ3v) is 7.91. The molecule has 39 heavy (non-hydrogen) atoms. The molecule has 0 spiro atoms. The molecule has 1 aliphatic rings. The van der Waals surface area contributed by atoms with Crippen LogP contribution in [0, 0.1) is 0 Å². The maximum absolute atomic E-state index is 12.8. The number of amides is 1. The third kappa shape index (κ3) is 4.26. The Morgan fingerprint density at radius 3 is 2.56 bits per heavy atom. The second-order valence-corrected chi connectivity index (χ2v) is 10.4. The number of H-pyrrole nitrogens is 1. The number of carbonyl (C=O) groups is 1. The third-order valence-electron chi connectivity index (χ3n) is 7.91. The van der Waals surface area contributed by atoms with Crippen molar-refractivity contribution in [3.8, 4) is 5.75 Å². The van der Waals surface area contributed by atoms with Gasteiger partial charge in [0.25, 0.3) is 5.91 Å². The Hall–Kier alpha value is -4.77. The van der Waals surface area contributed by atoms with Gasteiger partial charge in [0.15, 0.2) is 0 Å². The predicted molar refractivity (Wildman–Crippen MR) is 155 cm³/mol. The normalized spacial score (nSPS) is 14.7. The molecule has 5 nitrogen and oxygen atoms in total. The highest BCUT2D eigenvalue weighted by Gasteiger charge is 2.33. The molecular formula is C34H29N3O2. The second-order valence-electron chi connectivity index (χ2n) is 10.4. The van der Waals surface area contributed by atoms with Crippen LogP contribution in [0.3, 0.4) is 0 Å². The summed E-state index contributed by atoms with van der Waals surface area (Å²) in [6, 6.07) is 32.5. The summed E-state index contributed by atoms with van der Waals surface area (Å²) in [5.41, 5.74) is 8.61. The first-order valence-corrected chi connectivity index (χ1v) is 13.5. The molecule has 1 aliphatic heterocycles. The minimum Gasteiger partial charge on any atom is -0.508 e. The summed E-state index contributed by atoms with van der Waals surface area (Å²) in [5.74, 6) is 0.0714. The average Bonchev–Trinajstić information content (AvgIpc) is 3.62. The molecule has 0 aliphatic carbocycles. The van der Waals surface area contributed by atoms with Gasteiger partial charge in [-0.15, -0.1) is 0 Å². The molecule has 5 heteroatoms. The lowest BCUT2D eigenvalue weighted by Gasteiger charge is -2.15. The van der Waals surface area contributed by atoms with Gasteiger partial charge in [-0.2, -0.15) is 0 Å². The van der Waals surface area contributed by atoms with Crippen molar-refractivity contribution < 1.29 is 9.90 Å². The van der Waals surface area contributed by atoms with Crippen LogP contribution < -0.4 is 5.32 Å². The summed E-state index contributed by atoms with van der Waals surface area (Å²) in [6.07, 6.45) is 4.95. The molecule has 1 unspecified atom stereocenters. The molecule has 1 amide bonds. The first-order valence-electron chi connectivity index (χ1n) is 13.5. The quantitative estimate of drug-likeness (QED) is 0.219. The number of rotatable bonds is 7. The predicted octanol–water partition coefficient (Wildman–Crippen LogP) is 6.88. The fourth-order valence-electron chi connectivity index (χ4n) is 6.03. The fraction of sp³-hybridized carbons (Fsp3) is 0.147. The molecular weight excluding hydrogens is 482 g/mol. The summed E-state index contributed by atoms with van der Waals surface area (Å²) < 4.78 is 2.32.